The van der Waals surface area contributed by atoms with Crippen LogP contribution in [0.4, 0.5) is 16.2 Å². The van der Waals surface area contributed by atoms with Crippen LogP contribution in [0.3, 0.4) is 0 Å². The lowest BCUT2D eigenvalue weighted by molar-refractivity contribution is -0.171. The van der Waals surface area contributed by atoms with Crippen molar-refractivity contribution in [3.8, 4) is 0 Å². The number of hydrogen-bond donors (Lipinski definition) is 1. The number of carbonyl (C=O) groups excluding carboxylic acids is 3. The van der Waals surface area contributed by atoms with Crippen molar-refractivity contribution >= 4 is 29.3 Å². The standard InChI is InChI=1S/C25H22N2O5/c1-16(28)31-23(17-9-3-2-4-10-17)24(29)32-22-15-18-11-5-7-13-20(18)27(25(26)30)21-14-8-6-12-19(21)22/h2-14,22-23H,15H2,1H3,(H2,26,30)/t22-,23-/m1/s1. The minimum Gasteiger partial charge on any atom is -0.454 e. The van der Waals surface area contributed by atoms with Crippen LogP contribution in [0.15, 0.2) is 78.9 Å². The first-order valence-corrected chi connectivity index (χ1v) is 10.1. The number of nitrogens with two attached hydrogens (primary N) is 1. The average molecular weight is 430 g/mol. The number of nitrogens with zero attached hydrogens (tertiary/aromatic N) is 1. The molecule has 0 aliphatic carbocycles. The molecule has 32 heavy (non-hydrogen) atoms. The van der Waals surface area contributed by atoms with Gasteiger partial charge in [-0.05, 0) is 17.7 Å². The van der Waals surface area contributed by atoms with Gasteiger partial charge in [-0.1, -0.05) is 66.7 Å². The fraction of sp³-hybridized carbons (Fsp3) is 0.160. The highest BCUT2D eigenvalue weighted by molar-refractivity contribution is 6.00. The summed E-state index contributed by atoms with van der Waals surface area (Å²) in [5.74, 6) is -1.29. The maximum atomic E-state index is 13.2. The normalized spacial score (nSPS) is 15.5. The molecule has 1 aliphatic heterocycles. The number of rotatable bonds is 4. The third kappa shape index (κ3) is 4.18. The van der Waals surface area contributed by atoms with Crippen LogP contribution in [0.1, 0.15) is 35.8 Å². The van der Waals surface area contributed by atoms with E-state index in [-0.39, 0.29) is 0 Å². The molecule has 0 saturated heterocycles. The number of amides is 2. The van der Waals surface area contributed by atoms with Crippen LogP contribution in [0.5, 0.6) is 0 Å². The average Bonchev–Trinajstić information content (AvgIpc) is 2.92. The van der Waals surface area contributed by atoms with Crippen LogP contribution in [-0.2, 0) is 25.5 Å². The molecule has 1 aliphatic rings. The molecule has 1 heterocycles. The number of benzene rings is 3. The van der Waals surface area contributed by atoms with Crippen molar-refractivity contribution in [1.82, 2.24) is 0 Å². The maximum absolute atomic E-state index is 13.2. The van der Waals surface area contributed by atoms with E-state index in [1.165, 1.54) is 11.8 Å². The number of urea groups is 1. The first-order chi connectivity index (χ1) is 15.5. The molecular weight excluding hydrogens is 408 g/mol. The Morgan fingerprint density at radius 1 is 0.906 bits per heavy atom. The van der Waals surface area contributed by atoms with Crippen LogP contribution >= 0.6 is 0 Å². The van der Waals surface area contributed by atoms with Gasteiger partial charge >= 0.3 is 18.0 Å². The highest BCUT2D eigenvalue weighted by Gasteiger charge is 2.34. The summed E-state index contributed by atoms with van der Waals surface area (Å²) in [6.07, 6.45) is -1.60. The lowest BCUT2D eigenvalue weighted by Crippen LogP contribution is -2.32. The zero-order valence-corrected chi connectivity index (χ0v) is 17.4. The van der Waals surface area contributed by atoms with Gasteiger partial charge in [-0.25, -0.2) is 9.59 Å². The molecule has 2 amide bonds. The Hall–Kier alpha value is -4.13. The van der Waals surface area contributed by atoms with Gasteiger partial charge in [0.15, 0.2) is 0 Å². The molecule has 2 N–H and O–H groups in total. The van der Waals surface area contributed by atoms with Gasteiger partial charge in [-0.3, -0.25) is 9.69 Å². The summed E-state index contributed by atoms with van der Waals surface area (Å²) in [7, 11) is 0. The number of hydrogen-bond acceptors (Lipinski definition) is 5. The lowest BCUT2D eigenvalue weighted by Gasteiger charge is -2.24. The Bertz CT molecular complexity index is 1160. The van der Waals surface area contributed by atoms with Gasteiger partial charge in [0.05, 0.1) is 11.4 Å². The molecule has 0 saturated carbocycles. The Morgan fingerprint density at radius 3 is 2.22 bits per heavy atom. The maximum Gasteiger partial charge on any atom is 0.352 e. The summed E-state index contributed by atoms with van der Waals surface area (Å²) < 4.78 is 11.2. The molecule has 7 heteroatoms. The molecule has 0 spiro atoms. The molecule has 3 aromatic rings. The molecule has 2 atom stereocenters. The van der Waals surface area contributed by atoms with Gasteiger partial charge in [-0.2, -0.15) is 0 Å². The van der Waals surface area contributed by atoms with E-state index >= 15 is 0 Å². The summed E-state index contributed by atoms with van der Waals surface area (Å²) in [5, 5.41) is 0. The van der Waals surface area contributed by atoms with Crippen LogP contribution in [0.25, 0.3) is 0 Å². The van der Waals surface area contributed by atoms with E-state index in [4.69, 9.17) is 15.2 Å². The van der Waals surface area contributed by atoms with E-state index in [1.54, 1.807) is 60.7 Å². The zero-order valence-electron chi connectivity index (χ0n) is 17.4. The molecule has 7 nitrogen and oxygen atoms in total. The van der Waals surface area contributed by atoms with Crippen molar-refractivity contribution in [2.45, 2.75) is 25.6 Å². The minimum atomic E-state index is -1.20. The monoisotopic (exact) mass is 430 g/mol. The zero-order chi connectivity index (χ0) is 22.7. The highest BCUT2D eigenvalue weighted by Crippen LogP contribution is 2.41. The van der Waals surface area contributed by atoms with Crippen molar-refractivity contribution in [1.29, 1.82) is 0 Å². The number of esters is 2. The van der Waals surface area contributed by atoms with Crippen LogP contribution < -0.4 is 10.6 Å². The van der Waals surface area contributed by atoms with Crippen molar-refractivity contribution in [3.05, 3.63) is 95.6 Å². The molecule has 0 fully saturated rings. The minimum absolute atomic E-state index is 0.324. The third-order valence-corrected chi connectivity index (χ3v) is 5.24. The van der Waals surface area contributed by atoms with Crippen molar-refractivity contribution in [3.63, 3.8) is 0 Å². The summed E-state index contributed by atoms with van der Waals surface area (Å²) >= 11 is 0. The lowest BCUT2D eigenvalue weighted by atomic mass is 10.0. The first kappa shape index (κ1) is 21.1. The fourth-order valence-corrected chi connectivity index (χ4v) is 3.90. The first-order valence-electron chi connectivity index (χ1n) is 10.1. The molecule has 162 valence electrons. The predicted molar refractivity (Wildman–Crippen MR) is 118 cm³/mol. The van der Waals surface area contributed by atoms with E-state index in [2.05, 4.69) is 0 Å². The van der Waals surface area contributed by atoms with Gasteiger partial charge in [0.25, 0.3) is 0 Å². The van der Waals surface area contributed by atoms with E-state index in [1.807, 2.05) is 18.2 Å². The number of carbonyl (C=O) groups is 3. The van der Waals surface area contributed by atoms with Crippen LogP contribution in [-0.4, -0.2) is 18.0 Å². The van der Waals surface area contributed by atoms with E-state index in [0.717, 1.165) is 5.56 Å². The Kier molecular flexibility index (Phi) is 5.89. The Labute approximate surface area is 185 Å². The Morgan fingerprint density at radius 2 is 1.53 bits per heavy atom. The summed E-state index contributed by atoms with van der Waals surface area (Å²) in [6, 6.07) is 22.5. The predicted octanol–water partition coefficient (Wildman–Crippen LogP) is 4.35. The second-order valence-electron chi connectivity index (χ2n) is 7.39. The second-order valence-corrected chi connectivity index (χ2v) is 7.39. The largest absolute Gasteiger partial charge is 0.454 e. The molecule has 3 aromatic carbocycles. The van der Waals surface area contributed by atoms with Crippen molar-refractivity contribution < 1.29 is 23.9 Å². The third-order valence-electron chi connectivity index (χ3n) is 5.24. The van der Waals surface area contributed by atoms with Gasteiger partial charge in [-0.15, -0.1) is 0 Å². The second kappa shape index (κ2) is 8.93. The van der Waals surface area contributed by atoms with Gasteiger partial charge in [0.2, 0.25) is 6.10 Å². The summed E-state index contributed by atoms with van der Waals surface area (Å²) in [6.45, 7) is 1.24. The molecule has 0 aromatic heterocycles. The number of para-hydroxylation sites is 2. The highest BCUT2D eigenvalue weighted by atomic mass is 16.6. The van der Waals surface area contributed by atoms with Gasteiger partial charge < -0.3 is 15.2 Å². The van der Waals surface area contributed by atoms with Crippen LogP contribution in [0.2, 0.25) is 0 Å². The fourth-order valence-electron chi connectivity index (χ4n) is 3.90. The van der Waals surface area contributed by atoms with E-state index in [0.29, 0.717) is 28.9 Å². The number of ether oxygens (including phenoxy) is 2. The SMILES string of the molecule is CC(=O)O[C@@H](C(=O)O[C@@H]1Cc2ccccc2N(C(N)=O)c2ccccc21)c1ccccc1. The number of anilines is 2. The molecular formula is C25H22N2O5. The van der Waals surface area contributed by atoms with Gasteiger partial charge in [0, 0.05) is 24.5 Å². The van der Waals surface area contributed by atoms with Crippen molar-refractivity contribution in [2.24, 2.45) is 5.73 Å². The number of fused-ring (bicyclic) bond motifs is 2. The molecule has 0 radical (unpaired) electrons. The summed E-state index contributed by atoms with van der Waals surface area (Å²) in [5.41, 5.74) is 8.81. The number of primary amides is 1. The smallest absolute Gasteiger partial charge is 0.352 e. The van der Waals surface area contributed by atoms with Crippen molar-refractivity contribution in [2.75, 3.05) is 4.90 Å². The quantitative estimate of drug-likeness (QED) is 0.621. The molecule has 0 bridgehead atoms. The van der Waals surface area contributed by atoms with Crippen LogP contribution in [0, 0.1) is 0 Å². The topological polar surface area (TPSA) is 98.9 Å². The summed E-state index contributed by atoms with van der Waals surface area (Å²) in [4.78, 5) is 38.6. The molecule has 4 rings (SSSR count). The van der Waals surface area contributed by atoms with E-state index < -0.39 is 30.2 Å². The Balaban J connectivity index is 1.74. The molecule has 0 unspecified atom stereocenters. The van der Waals surface area contributed by atoms with Gasteiger partial charge in [0.1, 0.15) is 6.10 Å². The van der Waals surface area contributed by atoms with E-state index in [9.17, 15) is 14.4 Å².